The van der Waals surface area contributed by atoms with Gasteiger partial charge in [-0.25, -0.2) is 4.79 Å². The number of rotatable bonds is 4. The molecule has 0 saturated carbocycles. The Morgan fingerprint density at radius 3 is 2.44 bits per heavy atom. The van der Waals surface area contributed by atoms with E-state index in [0.717, 1.165) is 5.57 Å². The molecule has 2 unspecified atom stereocenters. The monoisotopic (exact) mass is 260 g/mol. The minimum absolute atomic E-state index is 0.293. The van der Waals surface area contributed by atoms with Gasteiger partial charge >= 0.3 is 6.16 Å². The first-order chi connectivity index (χ1) is 8.12. The molecule has 0 bridgehead atoms. The maximum atomic E-state index is 11.5. The van der Waals surface area contributed by atoms with Crippen molar-refractivity contribution in [3.05, 3.63) is 12.2 Å². The summed E-state index contributed by atoms with van der Waals surface area (Å²) in [5, 5.41) is 0. The lowest BCUT2D eigenvalue weighted by molar-refractivity contribution is -0.601. The second kappa shape index (κ2) is 5.26. The van der Waals surface area contributed by atoms with Crippen LogP contribution in [-0.2, 0) is 24.0 Å². The summed E-state index contributed by atoms with van der Waals surface area (Å²) >= 11 is 0. The van der Waals surface area contributed by atoms with Crippen LogP contribution in [0.3, 0.4) is 0 Å². The van der Waals surface area contributed by atoms with Crippen molar-refractivity contribution >= 4 is 6.16 Å². The van der Waals surface area contributed by atoms with E-state index < -0.39 is 23.8 Å². The molecule has 104 valence electrons. The van der Waals surface area contributed by atoms with Crippen molar-refractivity contribution in [2.75, 3.05) is 6.61 Å². The van der Waals surface area contributed by atoms with Crippen molar-refractivity contribution in [3.8, 4) is 0 Å². The Morgan fingerprint density at radius 1 is 1.44 bits per heavy atom. The Labute approximate surface area is 107 Å². The Bertz CT molecular complexity index is 332. The summed E-state index contributed by atoms with van der Waals surface area (Å²) in [6.07, 6.45) is -1.63. The van der Waals surface area contributed by atoms with Crippen molar-refractivity contribution < 1.29 is 28.8 Å². The molecule has 1 saturated heterocycles. The van der Waals surface area contributed by atoms with Gasteiger partial charge < -0.3 is 14.2 Å². The number of hydrogen-bond donors (Lipinski definition) is 0. The van der Waals surface area contributed by atoms with Crippen LogP contribution >= 0.6 is 0 Å². The zero-order chi connectivity index (χ0) is 14.0. The highest BCUT2D eigenvalue weighted by Crippen LogP contribution is 2.33. The first-order valence-electron chi connectivity index (χ1n) is 5.65. The first-order valence-corrected chi connectivity index (χ1v) is 5.65. The summed E-state index contributed by atoms with van der Waals surface area (Å²) in [7, 11) is 0. The fraction of sp³-hybridized carbons (Fsp3) is 0.750. The average molecular weight is 260 g/mol. The summed E-state index contributed by atoms with van der Waals surface area (Å²) in [4.78, 5) is 21.0. The van der Waals surface area contributed by atoms with Gasteiger partial charge in [0.2, 0.25) is 0 Å². The van der Waals surface area contributed by atoms with Crippen LogP contribution in [-0.4, -0.2) is 30.4 Å². The molecule has 1 heterocycles. The maximum Gasteiger partial charge on any atom is 0.511 e. The molecule has 0 aliphatic carbocycles. The summed E-state index contributed by atoms with van der Waals surface area (Å²) < 4.78 is 15.4. The van der Waals surface area contributed by atoms with Crippen LogP contribution in [0, 0.1) is 0 Å². The van der Waals surface area contributed by atoms with Crippen LogP contribution < -0.4 is 0 Å². The van der Waals surface area contributed by atoms with Gasteiger partial charge in [0.05, 0.1) is 6.61 Å². The van der Waals surface area contributed by atoms with E-state index in [9.17, 15) is 4.79 Å². The fourth-order valence-corrected chi connectivity index (χ4v) is 1.12. The molecular formula is C12H20O6. The second-order valence-electron chi connectivity index (χ2n) is 5.36. The third kappa shape index (κ3) is 4.29. The number of carbonyl (C=O) groups is 1. The molecule has 0 aromatic rings. The Morgan fingerprint density at radius 2 is 2.06 bits per heavy atom. The van der Waals surface area contributed by atoms with Gasteiger partial charge in [0, 0.05) is 6.92 Å². The van der Waals surface area contributed by atoms with Gasteiger partial charge in [-0.15, -0.1) is 0 Å². The second-order valence-corrected chi connectivity index (χ2v) is 5.36. The quantitative estimate of drug-likeness (QED) is 0.439. The lowest BCUT2D eigenvalue weighted by Gasteiger charge is -2.41. The van der Waals surface area contributed by atoms with E-state index in [0.29, 0.717) is 6.61 Å². The molecule has 1 aliphatic rings. The molecule has 1 fully saturated rings. The van der Waals surface area contributed by atoms with E-state index in [1.807, 2.05) is 6.92 Å². The van der Waals surface area contributed by atoms with Crippen LogP contribution in [0.1, 0.15) is 34.6 Å². The fourth-order valence-electron chi connectivity index (χ4n) is 1.12. The lowest BCUT2D eigenvalue weighted by Crippen LogP contribution is -2.58. The van der Waals surface area contributed by atoms with Gasteiger partial charge in [0.15, 0.2) is 0 Å². The molecule has 1 aliphatic heterocycles. The van der Waals surface area contributed by atoms with Crippen molar-refractivity contribution in [3.63, 3.8) is 0 Å². The van der Waals surface area contributed by atoms with Crippen molar-refractivity contribution in [2.45, 2.75) is 52.3 Å². The van der Waals surface area contributed by atoms with Gasteiger partial charge in [-0.2, -0.15) is 9.78 Å². The van der Waals surface area contributed by atoms with Gasteiger partial charge in [-0.1, -0.05) is 12.2 Å². The van der Waals surface area contributed by atoms with Crippen LogP contribution in [0.4, 0.5) is 4.79 Å². The summed E-state index contributed by atoms with van der Waals surface area (Å²) in [5.74, 6) is -1.29. The van der Waals surface area contributed by atoms with Crippen molar-refractivity contribution in [1.82, 2.24) is 0 Å². The van der Waals surface area contributed by atoms with Crippen LogP contribution in [0.15, 0.2) is 12.2 Å². The number of carbonyl (C=O) groups excluding carboxylic acids is 1. The average Bonchev–Trinajstić information content (AvgIpc) is 2.12. The molecule has 6 nitrogen and oxygen atoms in total. The standard InChI is InChI=1S/C12H20O6/c1-8(2)7-14-9-12(6,18-17-9)16-10(13)15-11(3,4)5/h9H,1,7H2,2-6H3. The van der Waals surface area contributed by atoms with Gasteiger partial charge in [-0.3, -0.25) is 0 Å². The molecule has 0 radical (unpaired) electrons. The van der Waals surface area contributed by atoms with E-state index in [-0.39, 0.29) is 0 Å². The normalized spacial score (nSPS) is 27.3. The van der Waals surface area contributed by atoms with Crippen molar-refractivity contribution in [1.29, 1.82) is 0 Å². The smallest absolute Gasteiger partial charge is 0.428 e. The largest absolute Gasteiger partial charge is 0.511 e. The summed E-state index contributed by atoms with van der Waals surface area (Å²) in [6.45, 7) is 12.5. The van der Waals surface area contributed by atoms with Gasteiger partial charge in [0.25, 0.3) is 12.1 Å². The third-order valence-electron chi connectivity index (χ3n) is 1.89. The van der Waals surface area contributed by atoms with Crippen molar-refractivity contribution in [2.24, 2.45) is 0 Å². The van der Waals surface area contributed by atoms with E-state index in [4.69, 9.17) is 24.0 Å². The molecule has 18 heavy (non-hydrogen) atoms. The summed E-state index contributed by atoms with van der Waals surface area (Å²) in [6, 6.07) is 0. The third-order valence-corrected chi connectivity index (χ3v) is 1.89. The molecule has 0 spiro atoms. The highest BCUT2D eigenvalue weighted by atomic mass is 17.3. The molecule has 6 heteroatoms. The van der Waals surface area contributed by atoms with Crippen LogP contribution in [0.25, 0.3) is 0 Å². The van der Waals surface area contributed by atoms with E-state index in [1.54, 1.807) is 20.8 Å². The first kappa shape index (κ1) is 14.9. The maximum absolute atomic E-state index is 11.5. The molecular weight excluding hydrogens is 240 g/mol. The van der Waals surface area contributed by atoms with Gasteiger partial charge in [0.1, 0.15) is 5.60 Å². The molecule has 0 N–H and O–H groups in total. The molecule has 1 rings (SSSR count). The SMILES string of the molecule is C=C(C)COC1OOC1(C)OC(=O)OC(C)(C)C. The minimum Gasteiger partial charge on any atom is -0.428 e. The van der Waals surface area contributed by atoms with E-state index in [1.165, 1.54) is 6.92 Å². The lowest BCUT2D eigenvalue weighted by atomic mass is 10.2. The molecule has 0 aromatic heterocycles. The van der Waals surface area contributed by atoms with Crippen LogP contribution in [0.5, 0.6) is 0 Å². The highest BCUT2D eigenvalue weighted by molar-refractivity contribution is 5.61. The Balaban J connectivity index is 2.45. The topological polar surface area (TPSA) is 63.2 Å². The molecule has 2 atom stereocenters. The predicted molar refractivity (Wildman–Crippen MR) is 62.4 cm³/mol. The highest BCUT2D eigenvalue weighted by Gasteiger charge is 2.53. The number of ether oxygens (including phenoxy) is 3. The number of hydrogen-bond acceptors (Lipinski definition) is 6. The van der Waals surface area contributed by atoms with E-state index in [2.05, 4.69) is 6.58 Å². The van der Waals surface area contributed by atoms with Crippen LogP contribution in [0.2, 0.25) is 0 Å². The van der Waals surface area contributed by atoms with E-state index >= 15 is 0 Å². The Hall–Kier alpha value is -1.11. The minimum atomic E-state index is -1.29. The predicted octanol–water partition coefficient (Wildman–Crippen LogP) is 2.53. The zero-order valence-electron chi connectivity index (χ0n) is 11.4. The van der Waals surface area contributed by atoms with Gasteiger partial charge in [-0.05, 0) is 27.7 Å². The summed E-state index contributed by atoms with van der Waals surface area (Å²) in [5.41, 5.74) is 0.191. The zero-order valence-corrected chi connectivity index (χ0v) is 11.4. The molecule has 0 amide bonds. The Kier molecular flexibility index (Phi) is 4.37. The molecule has 0 aromatic carbocycles.